The van der Waals surface area contributed by atoms with Gasteiger partial charge in [-0.2, -0.15) is 0 Å². The number of ether oxygens (including phenoxy) is 1. The third-order valence-electron chi connectivity index (χ3n) is 3.89. The summed E-state index contributed by atoms with van der Waals surface area (Å²) in [6.07, 6.45) is 3.02. The number of benzene rings is 3. The number of carbonyl (C=O) groups excluding carboxylic acids is 2. The standard InChI is InChI=1S/C22H19N3O3S/c26-20(14-13-16-7-2-1-3-8-16)23-22(29)25-24-21(27)15-28-19-12-6-10-17-9-4-5-11-18(17)19/h1-14H,15H2,(H,24,27)(H2,23,25,26,29)/b14-13+. The second kappa shape index (κ2) is 10.0. The van der Waals surface area contributed by atoms with Crippen LogP contribution in [-0.2, 0) is 9.59 Å². The molecule has 7 heteroatoms. The number of carbonyl (C=O) groups is 2. The van der Waals surface area contributed by atoms with Gasteiger partial charge in [0.05, 0.1) is 0 Å². The van der Waals surface area contributed by atoms with Crippen molar-refractivity contribution in [3.8, 4) is 5.75 Å². The lowest BCUT2D eigenvalue weighted by Crippen LogP contribution is -2.49. The van der Waals surface area contributed by atoms with E-state index in [1.165, 1.54) is 6.08 Å². The minimum Gasteiger partial charge on any atom is -0.483 e. The van der Waals surface area contributed by atoms with Crippen LogP contribution in [0.2, 0.25) is 0 Å². The maximum Gasteiger partial charge on any atom is 0.276 e. The lowest BCUT2D eigenvalue weighted by molar-refractivity contribution is -0.123. The Hall–Kier alpha value is -3.71. The molecule has 0 spiro atoms. The van der Waals surface area contributed by atoms with Crippen LogP contribution in [0.4, 0.5) is 0 Å². The van der Waals surface area contributed by atoms with Gasteiger partial charge in [0, 0.05) is 11.5 Å². The molecule has 6 nitrogen and oxygen atoms in total. The third-order valence-corrected chi connectivity index (χ3v) is 4.09. The maximum atomic E-state index is 12.0. The average molecular weight is 405 g/mol. The summed E-state index contributed by atoms with van der Waals surface area (Å²) >= 11 is 4.99. The molecule has 3 aromatic carbocycles. The van der Waals surface area contributed by atoms with Crippen LogP contribution in [0.15, 0.2) is 78.9 Å². The molecule has 0 fully saturated rings. The van der Waals surface area contributed by atoms with Gasteiger partial charge in [0.15, 0.2) is 11.7 Å². The molecule has 0 unspecified atom stereocenters. The van der Waals surface area contributed by atoms with Gasteiger partial charge in [-0.25, -0.2) is 0 Å². The predicted molar refractivity (Wildman–Crippen MR) is 117 cm³/mol. The Morgan fingerprint density at radius 1 is 0.897 bits per heavy atom. The Kier molecular flexibility index (Phi) is 6.91. The molecule has 0 aliphatic carbocycles. The van der Waals surface area contributed by atoms with Gasteiger partial charge in [0.2, 0.25) is 5.91 Å². The Labute approximate surface area is 173 Å². The molecule has 2 amide bonds. The molecule has 3 N–H and O–H groups in total. The highest BCUT2D eigenvalue weighted by molar-refractivity contribution is 7.80. The lowest BCUT2D eigenvalue weighted by atomic mass is 10.1. The Bertz CT molecular complexity index is 1050. The Morgan fingerprint density at radius 3 is 2.45 bits per heavy atom. The molecule has 0 saturated heterocycles. The maximum absolute atomic E-state index is 12.0. The Morgan fingerprint density at radius 2 is 1.62 bits per heavy atom. The fourth-order valence-corrected chi connectivity index (χ4v) is 2.70. The number of hydrogen-bond acceptors (Lipinski definition) is 4. The molecule has 0 bridgehead atoms. The predicted octanol–water partition coefficient (Wildman–Crippen LogP) is 2.95. The van der Waals surface area contributed by atoms with E-state index in [2.05, 4.69) is 16.2 Å². The van der Waals surface area contributed by atoms with Crippen molar-refractivity contribution in [3.05, 3.63) is 84.4 Å². The van der Waals surface area contributed by atoms with E-state index in [1.54, 1.807) is 12.1 Å². The smallest absolute Gasteiger partial charge is 0.276 e. The van der Waals surface area contributed by atoms with Gasteiger partial charge in [0.1, 0.15) is 5.75 Å². The second-order valence-corrected chi connectivity index (χ2v) is 6.41. The molecule has 29 heavy (non-hydrogen) atoms. The van der Waals surface area contributed by atoms with Crippen LogP contribution in [-0.4, -0.2) is 23.5 Å². The van der Waals surface area contributed by atoms with Gasteiger partial charge in [-0.1, -0.05) is 66.7 Å². The summed E-state index contributed by atoms with van der Waals surface area (Å²) in [4.78, 5) is 23.8. The van der Waals surface area contributed by atoms with Gasteiger partial charge < -0.3 is 4.74 Å². The van der Waals surface area contributed by atoms with Crippen molar-refractivity contribution in [1.29, 1.82) is 0 Å². The van der Waals surface area contributed by atoms with Crippen LogP contribution >= 0.6 is 12.2 Å². The van der Waals surface area contributed by atoms with E-state index in [0.29, 0.717) is 5.75 Å². The number of fused-ring (bicyclic) bond motifs is 1. The molecule has 3 rings (SSSR count). The first kappa shape index (κ1) is 20.0. The minimum atomic E-state index is -0.436. The number of hydrazine groups is 1. The molecule has 0 aliphatic rings. The quantitative estimate of drug-likeness (QED) is 0.346. The highest BCUT2D eigenvalue weighted by atomic mass is 32.1. The molecule has 0 radical (unpaired) electrons. The summed E-state index contributed by atoms with van der Waals surface area (Å²) in [5, 5.41) is 4.36. The van der Waals surface area contributed by atoms with E-state index in [9.17, 15) is 9.59 Å². The number of nitrogens with one attached hydrogen (secondary N) is 3. The van der Waals surface area contributed by atoms with E-state index < -0.39 is 11.8 Å². The lowest BCUT2D eigenvalue weighted by Gasteiger charge is -2.11. The summed E-state index contributed by atoms with van der Waals surface area (Å²) < 4.78 is 5.59. The normalized spacial score (nSPS) is 10.5. The number of rotatable bonds is 5. The highest BCUT2D eigenvalue weighted by Gasteiger charge is 2.07. The molecule has 0 aliphatic heterocycles. The number of amides is 2. The van der Waals surface area contributed by atoms with Gasteiger partial charge >= 0.3 is 0 Å². The molecule has 146 valence electrons. The second-order valence-electron chi connectivity index (χ2n) is 6.00. The van der Waals surface area contributed by atoms with Crippen molar-refractivity contribution in [2.75, 3.05) is 6.61 Å². The number of thiocarbonyl (C=S) groups is 1. The van der Waals surface area contributed by atoms with E-state index in [1.807, 2.05) is 66.7 Å². The Balaban J connectivity index is 1.42. The van der Waals surface area contributed by atoms with Gasteiger partial charge in [-0.15, -0.1) is 0 Å². The zero-order valence-corrected chi connectivity index (χ0v) is 16.2. The van der Waals surface area contributed by atoms with Crippen molar-refractivity contribution < 1.29 is 14.3 Å². The third kappa shape index (κ3) is 6.15. The van der Waals surface area contributed by atoms with Gasteiger partial charge in [-0.3, -0.25) is 25.8 Å². The SMILES string of the molecule is O=C(/C=C/c1ccccc1)NC(=S)NNC(=O)COc1cccc2ccccc12. The van der Waals surface area contributed by atoms with Crippen LogP contribution in [0.1, 0.15) is 5.56 Å². The summed E-state index contributed by atoms with van der Waals surface area (Å²) in [6, 6.07) is 22.8. The first-order valence-electron chi connectivity index (χ1n) is 8.85. The molecule has 0 heterocycles. The van der Waals surface area contributed by atoms with Crippen molar-refractivity contribution in [3.63, 3.8) is 0 Å². The summed E-state index contributed by atoms with van der Waals surface area (Å²) in [5.41, 5.74) is 5.75. The average Bonchev–Trinajstić information content (AvgIpc) is 2.75. The van der Waals surface area contributed by atoms with Crippen molar-refractivity contribution in [1.82, 2.24) is 16.2 Å². The largest absolute Gasteiger partial charge is 0.483 e. The van der Waals surface area contributed by atoms with Gasteiger partial charge in [-0.05, 0) is 35.3 Å². The summed E-state index contributed by atoms with van der Waals surface area (Å²) in [5.74, 6) is -0.234. The fraction of sp³-hybridized carbons (Fsp3) is 0.0455. The van der Waals surface area contributed by atoms with Crippen LogP contribution in [0, 0.1) is 0 Å². The van der Waals surface area contributed by atoms with Crippen LogP contribution in [0.25, 0.3) is 16.8 Å². The van der Waals surface area contributed by atoms with Crippen molar-refractivity contribution in [2.24, 2.45) is 0 Å². The zero-order valence-electron chi connectivity index (χ0n) is 15.4. The van der Waals surface area contributed by atoms with Crippen molar-refractivity contribution >= 4 is 46.0 Å². The summed E-state index contributed by atoms with van der Waals surface area (Å²) in [6.45, 7) is -0.203. The monoisotopic (exact) mass is 405 g/mol. The number of hydrogen-bond donors (Lipinski definition) is 3. The molecule has 0 saturated carbocycles. The van der Waals surface area contributed by atoms with E-state index in [0.717, 1.165) is 16.3 Å². The fourth-order valence-electron chi connectivity index (χ4n) is 2.55. The topological polar surface area (TPSA) is 79.5 Å². The van der Waals surface area contributed by atoms with E-state index in [-0.39, 0.29) is 11.7 Å². The van der Waals surface area contributed by atoms with Crippen LogP contribution < -0.4 is 20.9 Å². The molecular weight excluding hydrogens is 386 g/mol. The first-order valence-corrected chi connectivity index (χ1v) is 9.26. The molecule has 3 aromatic rings. The highest BCUT2D eigenvalue weighted by Crippen LogP contribution is 2.24. The minimum absolute atomic E-state index is 0.0220. The van der Waals surface area contributed by atoms with Gasteiger partial charge in [0.25, 0.3) is 5.91 Å². The van der Waals surface area contributed by atoms with E-state index >= 15 is 0 Å². The van der Waals surface area contributed by atoms with Crippen molar-refractivity contribution in [2.45, 2.75) is 0 Å². The molecule has 0 aromatic heterocycles. The first-order chi connectivity index (χ1) is 14.1. The zero-order chi connectivity index (χ0) is 20.5. The van der Waals surface area contributed by atoms with Crippen LogP contribution in [0.3, 0.4) is 0 Å². The van der Waals surface area contributed by atoms with E-state index in [4.69, 9.17) is 17.0 Å². The molecular formula is C22H19N3O3S. The molecule has 0 atom stereocenters. The van der Waals surface area contributed by atoms with Crippen LogP contribution in [0.5, 0.6) is 5.75 Å². The summed E-state index contributed by atoms with van der Waals surface area (Å²) in [7, 11) is 0.